The highest BCUT2D eigenvalue weighted by Gasteiger charge is 2.17. The SMILES string of the molecule is CC(C)(C)c1ccc(I)cc1O. The quantitative estimate of drug-likeness (QED) is 0.721. The highest BCUT2D eigenvalue weighted by Crippen LogP contribution is 2.31. The van der Waals surface area contributed by atoms with Crippen molar-refractivity contribution in [1.82, 2.24) is 0 Å². The summed E-state index contributed by atoms with van der Waals surface area (Å²) in [5, 5.41) is 9.62. The van der Waals surface area contributed by atoms with Gasteiger partial charge < -0.3 is 5.11 Å². The van der Waals surface area contributed by atoms with Gasteiger partial charge in [0.1, 0.15) is 5.75 Å². The van der Waals surface area contributed by atoms with Gasteiger partial charge in [0.2, 0.25) is 0 Å². The third-order valence-corrected chi connectivity index (χ3v) is 2.44. The predicted octanol–water partition coefficient (Wildman–Crippen LogP) is 3.29. The summed E-state index contributed by atoms with van der Waals surface area (Å²) in [5.74, 6) is 0.398. The van der Waals surface area contributed by atoms with Crippen molar-refractivity contribution in [1.29, 1.82) is 0 Å². The molecule has 1 nitrogen and oxygen atoms in total. The van der Waals surface area contributed by atoms with Crippen molar-refractivity contribution in [2.45, 2.75) is 26.2 Å². The Hall–Kier alpha value is -0.250. The molecule has 0 amide bonds. The molecule has 0 aliphatic rings. The first kappa shape index (κ1) is 9.84. The Kier molecular flexibility index (Phi) is 2.66. The lowest BCUT2D eigenvalue weighted by Gasteiger charge is -2.20. The number of benzene rings is 1. The Morgan fingerprint density at radius 3 is 2.25 bits per heavy atom. The normalized spacial score (nSPS) is 11.7. The molecule has 66 valence electrons. The van der Waals surface area contributed by atoms with E-state index in [0.717, 1.165) is 9.13 Å². The summed E-state index contributed by atoms with van der Waals surface area (Å²) in [7, 11) is 0. The topological polar surface area (TPSA) is 20.2 Å². The number of rotatable bonds is 0. The van der Waals surface area contributed by atoms with Gasteiger partial charge in [-0.25, -0.2) is 0 Å². The Morgan fingerprint density at radius 2 is 1.83 bits per heavy atom. The monoisotopic (exact) mass is 276 g/mol. The number of phenols is 1. The maximum atomic E-state index is 9.62. The highest BCUT2D eigenvalue weighted by molar-refractivity contribution is 14.1. The number of halogens is 1. The third-order valence-electron chi connectivity index (χ3n) is 1.77. The number of phenolic OH excluding ortho intramolecular Hbond substituents is 1. The van der Waals surface area contributed by atoms with Crippen molar-refractivity contribution in [3.8, 4) is 5.75 Å². The van der Waals surface area contributed by atoms with Crippen molar-refractivity contribution in [2.75, 3.05) is 0 Å². The zero-order valence-electron chi connectivity index (χ0n) is 7.56. The maximum Gasteiger partial charge on any atom is 0.120 e. The largest absolute Gasteiger partial charge is 0.508 e. The van der Waals surface area contributed by atoms with Gasteiger partial charge in [-0.1, -0.05) is 26.8 Å². The van der Waals surface area contributed by atoms with Crippen molar-refractivity contribution >= 4 is 22.6 Å². The molecule has 0 saturated heterocycles. The van der Waals surface area contributed by atoms with Crippen molar-refractivity contribution in [3.63, 3.8) is 0 Å². The minimum Gasteiger partial charge on any atom is -0.508 e. The summed E-state index contributed by atoms with van der Waals surface area (Å²) >= 11 is 2.19. The van der Waals surface area contributed by atoms with Gasteiger partial charge in [0, 0.05) is 3.57 Å². The summed E-state index contributed by atoms with van der Waals surface area (Å²) in [6.45, 7) is 6.28. The molecule has 0 aliphatic carbocycles. The van der Waals surface area contributed by atoms with Crippen LogP contribution in [-0.4, -0.2) is 5.11 Å². The lowest BCUT2D eigenvalue weighted by atomic mass is 9.86. The molecule has 12 heavy (non-hydrogen) atoms. The molecular weight excluding hydrogens is 263 g/mol. The Bertz CT molecular complexity index is 286. The average Bonchev–Trinajstić information content (AvgIpc) is 1.83. The molecule has 0 heterocycles. The van der Waals surface area contributed by atoms with Crippen LogP contribution in [0.4, 0.5) is 0 Å². The van der Waals surface area contributed by atoms with Crippen LogP contribution < -0.4 is 0 Å². The summed E-state index contributed by atoms with van der Waals surface area (Å²) in [6, 6.07) is 5.79. The summed E-state index contributed by atoms with van der Waals surface area (Å²) < 4.78 is 1.07. The van der Waals surface area contributed by atoms with E-state index in [1.165, 1.54) is 0 Å². The second-order valence-corrected chi connectivity index (χ2v) is 5.16. The van der Waals surface area contributed by atoms with Crippen LogP contribution >= 0.6 is 22.6 Å². The molecule has 0 unspecified atom stereocenters. The zero-order valence-corrected chi connectivity index (χ0v) is 9.71. The molecule has 0 saturated carbocycles. The van der Waals surface area contributed by atoms with Crippen LogP contribution in [0.15, 0.2) is 18.2 Å². The minimum absolute atomic E-state index is 0.0222. The predicted molar refractivity (Wildman–Crippen MR) is 59.5 cm³/mol. The molecule has 1 N–H and O–H groups in total. The van der Waals surface area contributed by atoms with E-state index in [9.17, 15) is 5.11 Å². The fraction of sp³-hybridized carbons (Fsp3) is 0.400. The summed E-state index contributed by atoms with van der Waals surface area (Å²) in [4.78, 5) is 0. The van der Waals surface area contributed by atoms with Gasteiger partial charge in [0.05, 0.1) is 0 Å². The van der Waals surface area contributed by atoms with E-state index in [4.69, 9.17) is 0 Å². The molecule has 0 aliphatic heterocycles. The summed E-state index contributed by atoms with van der Waals surface area (Å²) in [6.07, 6.45) is 0. The Morgan fingerprint density at radius 1 is 1.25 bits per heavy atom. The second kappa shape index (κ2) is 3.24. The fourth-order valence-electron chi connectivity index (χ4n) is 1.14. The second-order valence-electron chi connectivity index (χ2n) is 3.91. The molecule has 0 aromatic heterocycles. The lowest BCUT2D eigenvalue weighted by Crippen LogP contribution is -2.11. The number of hydrogen-bond donors (Lipinski definition) is 1. The van der Waals surface area contributed by atoms with Gasteiger partial charge >= 0.3 is 0 Å². The van der Waals surface area contributed by atoms with Crippen LogP contribution in [-0.2, 0) is 5.41 Å². The molecule has 0 spiro atoms. The summed E-state index contributed by atoms with van der Waals surface area (Å²) in [5.41, 5.74) is 1.02. The molecule has 0 bridgehead atoms. The molecule has 0 atom stereocenters. The standard InChI is InChI=1S/C10H13IO/c1-10(2,3)8-5-4-7(11)6-9(8)12/h4-6,12H,1-3H3. The minimum atomic E-state index is 0.0222. The first-order valence-electron chi connectivity index (χ1n) is 3.90. The number of aromatic hydroxyl groups is 1. The van der Waals surface area contributed by atoms with E-state index in [1.807, 2.05) is 12.1 Å². The van der Waals surface area contributed by atoms with E-state index < -0.39 is 0 Å². The van der Waals surface area contributed by atoms with Crippen LogP contribution in [0.25, 0.3) is 0 Å². The smallest absolute Gasteiger partial charge is 0.120 e. The first-order valence-corrected chi connectivity index (χ1v) is 4.98. The molecule has 1 rings (SSSR count). The maximum absolute atomic E-state index is 9.62. The van der Waals surface area contributed by atoms with Gasteiger partial charge in [-0.2, -0.15) is 0 Å². The van der Waals surface area contributed by atoms with Crippen molar-refractivity contribution in [3.05, 3.63) is 27.3 Å². The lowest BCUT2D eigenvalue weighted by molar-refractivity contribution is 0.446. The van der Waals surface area contributed by atoms with E-state index in [1.54, 1.807) is 6.07 Å². The van der Waals surface area contributed by atoms with Gasteiger partial charge in [-0.15, -0.1) is 0 Å². The van der Waals surface area contributed by atoms with Crippen LogP contribution in [0.5, 0.6) is 5.75 Å². The molecule has 2 heteroatoms. The molecule has 0 radical (unpaired) electrons. The first-order chi connectivity index (χ1) is 5.41. The van der Waals surface area contributed by atoms with Crippen LogP contribution in [0.2, 0.25) is 0 Å². The molecule has 1 aromatic carbocycles. The van der Waals surface area contributed by atoms with E-state index in [-0.39, 0.29) is 5.41 Å². The van der Waals surface area contributed by atoms with Crippen LogP contribution in [0.1, 0.15) is 26.3 Å². The zero-order chi connectivity index (χ0) is 9.35. The fourth-order valence-corrected chi connectivity index (χ4v) is 1.61. The van der Waals surface area contributed by atoms with Crippen molar-refractivity contribution < 1.29 is 5.11 Å². The molecule has 1 aromatic rings. The number of hydrogen-bond acceptors (Lipinski definition) is 1. The average molecular weight is 276 g/mol. The van der Waals surface area contributed by atoms with Crippen molar-refractivity contribution in [2.24, 2.45) is 0 Å². The van der Waals surface area contributed by atoms with Crippen LogP contribution in [0.3, 0.4) is 0 Å². The molecular formula is C10H13IO. The van der Waals surface area contributed by atoms with E-state index in [0.29, 0.717) is 5.75 Å². The van der Waals surface area contributed by atoms with Crippen LogP contribution in [0, 0.1) is 3.57 Å². The van der Waals surface area contributed by atoms with Gasteiger partial charge in [-0.3, -0.25) is 0 Å². The van der Waals surface area contributed by atoms with Gasteiger partial charge in [-0.05, 0) is 45.7 Å². The third kappa shape index (κ3) is 2.12. The van der Waals surface area contributed by atoms with E-state index >= 15 is 0 Å². The van der Waals surface area contributed by atoms with Gasteiger partial charge in [0.15, 0.2) is 0 Å². The Labute approximate surface area is 86.9 Å². The van der Waals surface area contributed by atoms with Gasteiger partial charge in [0.25, 0.3) is 0 Å². The molecule has 0 fully saturated rings. The highest BCUT2D eigenvalue weighted by atomic mass is 127. The van der Waals surface area contributed by atoms with E-state index in [2.05, 4.69) is 43.4 Å². The Balaban J connectivity index is 3.19.